The van der Waals surface area contributed by atoms with Gasteiger partial charge in [-0.3, -0.25) is 14.3 Å². The zero-order chi connectivity index (χ0) is 17.6. The number of carbonyl (C=O) groups excluding carboxylic acids is 1. The summed E-state index contributed by atoms with van der Waals surface area (Å²) in [5.74, 6) is 0.302. The fraction of sp³-hybridized carbons (Fsp3) is 0.389. The first-order chi connectivity index (χ1) is 12.1. The van der Waals surface area contributed by atoms with E-state index >= 15 is 0 Å². The molecule has 0 saturated heterocycles. The van der Waals surface area contributed by atoms with Gasteiger partial charge in [-0.1, -0.05) is 12.1 Å². The van der Waals surface area contributed by atoms with E-state index in [4.69, 9.17) is 9.47 Å². The molecular weight excluding hydrogens is 322 g/mol. The molecule has 1 fully saturated rings. The molecular formula is C18H19N3O4. The van der Waals surface area contributed by atoms with Crippen molar-refractivity contribution in [2.24, 2.45) is 5.92 Å². The second kappa shape index (κ2) is 5.91. The molecule has 0 unspecified atom stereocenters. The largest absolute Gasteiger partial charge is 0.494 e. The number of nitrogens with one attached hydrogen (secondary N) is 1. The Kier molecular flexibility index (Phi) is 3.71. The monoisotopic (exact) mass is 341 g/mol. The molecule has 0 bridgehead atoms. The maximum atomic E-state index is 12.6. The van der Waals surface area contributed by atoms with Gasteiger partial charge in [-0.2, -0.15) is 0 Å². The molecule has 0 spiro atoms. The third kappa shape index (κ3) is 2.38. The molecule has 1 saturated carbocycles. The van der Waals surface area contributed by atoms with Gasteiger partial charge in [0.25, 0.3) is 0 Å². The summed E-state index contributed by atoms with van der Waals surface area (Å²) >= 11 is 0. The van der Waals surface area contributed by atoms with Crippen LogP contribution < -0.4 is 10.4 Å². The first-order valence-electron chi connectivity index (χ1n) is 8.27. The smallest absolute Gasteiger partial charge is 0.326 e. The number of hydrogen-bond acceptors (Lipinski definition) is 5. The van der Waals surface area contributed by atoms with Gasteiger partial charge in [-0.25, -0.2) is 4.79 Å². The molecule has 2 heterocycles. The van der Waals surface area contributed by atoms with Crippen LogP contribution in [-0.4, -0.2) is 34.7 Å². The minimum Gasteiger partial charge on any atom is -0.494 e. The fourth-order valence-electron chi connectivity index (χ4n) is 3.90. The lowest BCUT2D eigenvalue weighted by atomic mass is 10.1. The Morgan fingerprint density at radius 2 is 2.16 bits per heavy atom. The zero-order valence-electron chi connectivity index (χ0n) is 14.1. The summed E-state index contributed by atoms with van der Waals surface area (Å²) in [7, 11) is 3.00. The molecule has 2 atom stereocenters. The number of hydrogen-bond donors (Lipinski definition) is 1. The number of para-hydroxylation sites is 1. The number of imidazole rings is 1. The van der Waals surface area contributed by atoms with Crippen molar-refractivity contribution in [3.63, 3.8) is 0 Å². The van der Waals surface area contributed by atoms with E-state index < -0.39 is 0 Å². The van der Waals surface area contributed by atoms with Crippen molar-refractivity contribution in [3.8, 4) is 5.75 Å². The van der Waals surface area contributed by atoms with Gasteiger partial charge in [-0.05, 0) is 25.3 Å². The Balaban J connectivity index is 1.90. The van der Waals surface area contributed by atoms with Crippen LogP contribution in [0.4, 0.5) is 0 Å². The third-order valence-electron chi connectivity index (χ3n) is 5.06. The summed E-state index contributed by atoms with van der Waals surface area (Å²) in [4.78, 5) is 31.7. The lowest BCUT2D eigenvalue weighted by Crippen LogP contribution is -2.21. The molecule has 7 heteroatoms. The van der Waals surface area contributed by atoms with Crippen LogP contribution in [-0.2, 0) is 9.53 Å². The van der Waals surface area contributed by atoms with Crippen LogP contribution in [0.15, 0.2) is 29.2 Å². The number of carbonyl (C=O) groups is 1. The number of esters is 1. The Hall–Kier alpha value is -2.83. The molecule has 25 heavy (non-hydrogen) atoms. The number of fused-ring (bicyclic) bond motifs is 3. The zero-order valence-corrected chi connectivity index (χ0v) is 14.1. The highest BCUT2D eigenvalue weighted by Gasteiger charge is 2.33. The first-order valence-corrected chi connectivity index (χ1v) is 8.27. The van der Waals surface area contributed by atoms with Gasteiger partial charge < -0.3 is 14.5 Å². The lowest BCUT2D eigenvalue weighted by molar-refractivity contribution is -0.145. The average Bonchev–Trinajstić information content (AvgIpc) is 3.23. The Morgan fingerprint density at radius 1 is 1.32 bits per heavy atom. The topological polar surface area (TPSA) is 86.2 Å². The predicted octanol–water partition coefficient (Wildman–Crippen LogP) is 2.40. The van der Waals surface area contributed by atoms with Crippen LogP contribution in [0.3, 0.4) is 0 Å². The molecule has 3 aromatic rings. The minimum atomic E-state index is -0.205. The molecule has 0 radical (unpaired) electrons. The number of nitrogens with zero attached hydrogens (tertiary/aromatic N) is 2. The molecule has 1 N–H and O–H groups in total. The van der Waals surface area contributed by atoms with Gasteiger partial charge in [0.15, 0.2) is 0 Å². The van der Waals surface area contributed by atoms with E-state index in [1.165, 1.54) is 7.11 Å². The number of rotatable bonds is 3. The minimum absolute atomic E-state index is 0.0397. The summed E-state index contributed by atoms with van der Waals surface area (Å²) < 4.78 is 12.0. The Labute approximate surface area is 143 Å². The van der Waals surface area contributed by atoms with E-state index in [1.54, 1.807) is 17.9 Å². The quantitative estimate of drug-likeness (QED) is 0.739. The number of benzene rings is 1. The number of aromatic amines is 1. The van der Waals surface area contributed by atoms with E-state index in [9.17, 15) is 9.59 Å². The van der Waals surface area contributed by atoms with Crippen LogP contribution in [0, 0.1) is 5.92 Å². The SMILES string of the molecule is COC(=O)[C@@H]1CC[C@H](n2c(=O)[nH]c3cnc4c(OC)cccc4c32)C1. The van der Waals surface area contributed by atoms with E-state index in [0.29, 0.717) is 23.2 Å². The number of methoxy groups -OCH3 is 2. The predicted molar refractivity (Wildman–Crippen MR) is 92.8 cm³/mol. The van der Waals surface area contributed by atoms with Crippen LogP contribution in [0.5, 0.6) is 5.75 Å². The second-order valence-corrected chi connectivity index (χ2v) is 6.36. The van der Waals surface area contributed by atoms with Gasteiger partial charge >= 0.3 is 11.7 Å². The highest BCUT2D eigenvalue weighted by Crippen LogP contribution is 2.37. The van der Waals surface area contributed by atoms with Crippen LogP contribution in [0.1, 0.15) is 25.3 Å². The lowest BCUT2D eigenvalue weighted by Gasteiger charge is -2.14. The van der Waals surface area contributed by atoms with Gasteiger partial charge in [0.05, 0.1) is 37.4 Å². The van der Waals surface area contributed by atoms with E-state index in [0.717, 1.165) is 23.7 Å². The standard InChI is InChI=1S/C18H19N3O4/c1-24-14-5-3-4-12-15(14)19-9-13-16(12)21(18(23)20-13)11-7-6-10(8-11)17(22)25-2/h3-5,9-11H,6-8H2,1-2H3,(H,20,23)/t10-,11+/m1/s1. The van der Waals surface area contributed by atoms with Gasteiger partial charge in [-0.15, -0.1) is 0 Å². The van der Waals surface area contributed by atoms with Crippen LogP contribution in [0.25, 0.3) is 21.9 Å². The number of ether oxygens (including phenoxy) is 2. The van der Waals surface area contributed by atoms with Crippen LogP contribution in [0.2, 0.25) is 0 Å². The van der Waals surface area contributed by atoms with Crippen molar-refractivity contribution < 1.29 is 14.3 Å². The van der Waals surface area contributed by atoms with Gasteiger partial charge in [0.2, 0.25) is 0 Å². The summed E-state index contributed by atoms with van der Waals surface area (Å²) in [6.45, 7) is 0. The number of pyridine rings is 1. The van der Waals surface area contributed by atoms with Gasteiger partial charge in [0.1, 0.15) is 11.3 Å². The summed E-state index contributed by atoms with van der Waals surface area (Å²) in [6, 6.07) is 5.63. The summed E-state index contributed by atoms with van der Waals surface area (Å²) in [5.41, 5.74) is 2.03. The molecule has 7 nitrogen and oxygen atoms in total. The average molecular weight is 341 g/mol. The molecule has 2 aromatic heterocycles. The number of aromatic nitrogens is 3. The van der Waals surface area contributed by atoms with E-state index in [2.05, 4.69) is 9.97 Å². The first kappa shape index (κ1) is 15.7. The van der Waals surface area contributed by atoms with E-state index in [1.807, 2.05) is 18.2 Å². The normalized spacial score (nSPS) is 20.2. The highest BCUT2D eigenvalue weighted by atomic mass is 16.5. The molecule has 4 rings (SSSR count). The van der Waals surface area contributed by atoms with Crippen molar-refractivity contribution in [1.82, 2.24) is 14.5 Å². The van der Waals surface area contributed by atoms with Crippen LogP contribution >= 0.6 is 0 Å². The fourth-order valence-corrected chi connectivity index (χ4v) is 3.90. The molecule has 1 aliphatic carbocycles. The maximum absolute atomic E-state index is 12.6. The summed E-state index contributed by atoms with van der Waals surface area (Å²) in [5, 5.41) is 0.858. The van der Waals surface area contributed by atoms with Crippen molar-refractivity contribution in [3.05, 3.63) is 34.9 Å². The number of H-pyrrole nitrogens is 1. The van der Waals surface area contributed by atoms with Crippen molar-refractivity contribution in [2.75, 3.05) is 14.2 Å². The van der Waals surface area contributed by atoms with E-state index in [-0.39, 0.29) is 23.6 Å². The van der Waals surface area contributed by atoms with Crippen molar-refractivity contribution >= 4 is 27.9 Å². The third-order valence-corrected chi connectivity index (χ3v) is 5.06. The molecule has 1 aliphatic rings. The highest BCUT2D eigenvalue weighted by molar-refractivity contribution is 6.04. The van der Waals surface area contributed by atoms with Crippen molar-refractivity contribution in [2.45, 2.75) is 25.3 Å². The Morgan fingerprint density at radius 3 is 2.92 bits per heavy atom. The van der Waals surface area contributed by atoms with Gasteiger partial charge in [0, 0.05) is 11.4 Å². The molecule has 1 aromatic carbocycles. The molecule has 130 valence electrons. The molecule has 0 amide bonds. The summed E-state index contributed by atoms with van der Waals surface area (Å²) in [6.07, 6.45) is 3.75. The second-order valence-electron chi connectivity index (χ2n) is 6.36. The maximum Gasteiger partial charge on any atom is 0.326 e. The van der Waals surface area contributed by atoms with Crippen molar-refractivity contribution in [1.29, 1.82) is 0 Å². The molecule has 0 aliphatic heterocycles. The Bertz CT molecular complexity index is 1020.